The molecule has 0 spiro atoms. The Hall–Kier alpha value is -1.62. The van der Waals surface area contributed by atoms with E-state index >= 15 is 0 Å². The van der Waals surface area contributed by atoms with E-state index < -0.39 is 0 Å². The van der Waals surface area contributed by atoms with Crippen molar-refractivity contribution < 1.29 is 9.47 Å². The van der Waals surface area contributed by atoms with Crippen molar-refractivity contribution in [3.63, 3.8) is 0 Å². The van der Waals surface area contributed by atoms with Gasteiger partial charge in [-0.15, -0.1) is 0 Å². The second-order valence-electron chi connectivity index (χ2n) is 2.51. The lowest BCUT2D eigenvalue weighted by Crippen LogP contribution is -1.84. The minimum Gasteiger partial charge on any atom is -0.497 e. The molecule has 0 amide bonds. The van der Waals surface area contributed by atoms with Crippen LogP contribution in [-0.4, -0.2) is 14.2 Å². The summed E-state index contributed by atoms with van der Waals surface area (Å²) < 4.78 is 9.66. The fraction of sp³-hybridized carbons (Fsp3) is 0.273. The van der Waals surface area contributed by atoms with Gasteiger partial charge in [-0.1, -0.05) is 18.1 Å². The van der Waals surface area contributed by atoms with Crippen LogP contribution in [0.1, 0.15) is 5.56 Å². The molecule has 0 fully saturated rings. The Labute approximate surface area is 78.5 Å². The van der Waals surface area contributed by atoms with Crippen molar-refractivity contribution in [3.8, 4) is 17.8 Å². The molecule has 0 aromatic heterocycles. The third kappa shape index (κ3) is 3.08. The van der Waals surface area contributed by atoms with Crippen LogP contribution in [0.4, 0.5) is 0 Å². The smallest absolute Gasteiger partial charge is 0.118 e. The quantitative estimate of drug-likeness (QED) is 0.640. The Kier molecular flexibility index (Phi) is 3.72. The average Bonchev–Trinajstić information content (AvgIpc) is 2.19. The summed E-state index contributed by atoms with van der Waals surface area (Å²) in [6.45, 7) is 0. The molecule has 68 valence electrons. The van der Waals surface area contributed by atoms with Gasteiger partial charge in [-0.05, 0) is 17.7 Å². The van der Waals surface area contributed by atoms with Gasteiger partial charge in [-0.2, -0.15) is 0 Å². The predicted molar refractivity (Wildman–Crippen MR) is 51.5 cm³/mol. The van der Waals surface area contributed by atoms with Gasteiger partial charge < -0.3 is 9.47 Å². The van der Waals surface area contributed by atoms with Gasteiger partial charge in [0.1, 0.15) is 11.9 Å². The maximum Gasteiger partial charge on any atom is 0.118 e. The third-order valence-electron chi connectivity index (χ3n) is 1.63. The summed E-state index contributed by atoms with van der Waals surface area (Å²) in [5.74, 6) is 3.74. The molecule has 0 aliphatic carbocycles. The minimum absolute atomic E-state index is 0.706. The molecule has 0 radical (unpaired) electrons. The van der Waals surface area contributed by atoms with Crippen molar-refractivity contribution in [1.29, 1.82) is 0 Å². The fourth-order valence-electron chi connectivity index (χ4n) is 0.954. The molecule has 0 atom stereocenters. The van der Waals surface area contributed by atoms with Crippen LogP contribution in [0.15, 0.2) is 24.3 Å². The molecule has 1 rings (SSSR count). The second kappa shape index (κ2) is 5.10. The molecule has 1 aromatic rings. The molecule has 0 saturated heterocycles. The van der Waals surface area contributed by atoms with Gasteiger partial charge in [0.2, 0.25) is 0 Å². The maximum absolute atomic E-state index is 5.03. The van der Waals surface area contributed by atoms with Crippen molar-refractivity contribution >= 4 is 0 Å². The molecule has 0 aliphatic heterocycles. The number of benzene rings is 1. The Morgan fingerprint density at radius 1 is 1.15 bits per heavy atom. The van der Waals surface area contributed by atoms with E-state index in [1.807, 2.05) is 24.3 Å². The van der Waals surface area contributed by atoms with Crippen molar-refractivity contribution in [2.45, 2.75) is 6.42 Å². The zero-order chi connectivity index (χ0) is 9.52. The fourth-order valence-corrected chi connectivity index (χ4v) is 0.954. The molecule has 2 heteroatoms. The summed E-state index contributed by atoms with van der Waals surface area (Å²) in [6, 6.07) is 7.82. The van der Waals surface area contributed by atoms with E-state index in [-0.39, 0.29) is 0 Å². The highest BCUT2D eigenvalue weighted by Crippen LogP contribution is 2.11. The van der Waals surface area contributed by atoms with E-state index in [1.165, 1.54) is 0 Å². The topological polar surface area (TPSA) is 18.5 Å². The first-order valence-corrected chi connectivity index (χ1v) is 4.00. The predicted octanol–water partition coefficient (Wildman–Crippen LogP) is 1.84. The number of methoxy groups -OCH3 is 2. The van der Waals surface area contributed by atoms with Gasteiger partial charge in [0.15, 0.2) is 0 Å². The van der Waals surface area contributed by atoms with Crippen molar-refractivity contribution in [2.75, 3.05) is 14.2 Å². The van der Waals surface area contributed by atoms with Crippen molar-refractivity contribution in [2.24, 2.45) is 0 Å². The molecule has 1 aromatic carbocycles. The van der Waals surface area contributed by atoms with Gasteiger partial charge in [0.05, 0.1) is 14.2 Å². The molecule has 0 heterocycles. The maximum atomic E-state index is 5.03. The molecular weight excluding hydrogens is 164 g/mol. The summed E-state index contributed by atoms with van der Waals surface area (Å²) in [7, 11) is 3.21. The number of hydrogen-bond acceptors (Lipinski definition) is 2. The normalized spacial score (nSPS) is 8.46. The Morgan fingerprint density at radius 2 is 1.85 bits per heavy atom. The lowest BCUT2D eigenvalue weighted by atomic mass is 10.1. The highest BCUT2D eigenvalue weighted by Gasteiger charge is 1.91. The number of ether oxygens (including phenoxy) is 2. The molecule has 0 unspecified atom stereocenters. The van der Waals surface area contributed by atoms with Gasteiger partial charge in [-0.25, -0.2) is 0 Å². The monoisotopic (exact) mass is 176 g/mol. The van der Waals surface area contributed by atoms with Crippen LogP contribution < -0.4 is 4.74 Å². The Balaban J connectivity index is 2.59. The van der Waals surface area contributed by atoms with E-state index in [2.05, 4.69) is 16.8 Å². The van der Waals surface area contributed by atoms with Gasteiger partial charge >= 0.3 is 0 Å². The summed E-state index contributed by atoms with van der Waals surface area (Å²) in [4.78, 5) is 0. The van der Waals surface area contributed by atoms with E-state index in [0.717, 1.165) is 11.3 Å². The number of rotatable bonds is 2. The second-order valence-corrected chi connectivity index (χ2v) is 2.51. The summed E-state index contributed by atoms with van der Waals surface area (Å²) in [5.41, 5.74) is 1.16. The van der Waals surface area contributed by atoms with Crippen LogP contribution in [0, 0.1) is 12.0 Å². The number of hydrogen-bond donors (Lipinski definition) is 0. The lowest BCUT2D eigenvalue weighted by Gasteiger charge is -1.99. The van der Waals surface area contributed by atoms with Gasteiger partial charge in [-0.3, -0.25) is 0 Å². The molecular formula is C11H12O2. The molecule has 2 nitrogen and oxygen atoms in total. The first-order chi connectivity index (χ1) is 6.36. The van der Waals surface area contributed by atoms with Crippen LogP contribution >= 0.6 is 0 Å². The minimum atomic E-state index is 0.706. The van der Waals surface area contributed by atoms with E-state index in [9.17, 15) is 0 Å². The zero-order valence-corrected chi connectivity index (χ0v) is 7.83. The van der Waals surface area contributed by atoms with E-state index in [0.29, 0.717) is 6.42 Å². The summed E-state index contributed by atoms with van der Waals surface area (Å²) in [5, 5.41) is 0. The van der Waals surface area contributed by atoms with Crippen LogP contribution in [0.3, 0.4) is 0 Å². The molecule has 0 saturated carbocycles. The van der Waals surface area contributed by atoms with Crippen LogP contribution in [0.25, 0.3) is 0 Å². The van der Waals surface area contributed by atoms with Gasteiger partial charge in [0.25, 0.3) is 0 Å². The van der Waals surface area contributed by atoms with Gasteiger partial charge in [0, 0.05) is 6.42 Å². The lowest BCUT2D eigenvalue weighted by molar-refractivity contribution is 0.372. The van der Waals surface area contributed by atoms with E-state index in [4.69, 9.17) is 4.74 Å². The SMILES string of the molecule is COC#CCc1ccc(OC)cc1. The molecule has 0 aliphatic rings. The Morgan fingerprint density at radius 3 is 2.38 bits per heavy atom. The third-order valence-corrected chi connectivity index (χ3v) is 1.63. The largest absolute Gasteiger partial charge is 0.497 e. The Bertz CT molecular complexity index is 303. The summed E-state index contributed by atoms with van der Waals surface area (Å²) >= 11 is 0. The summed E-state index contributed by atoms with van der Waals surface area (Å²) in [6.07, 6.45) is 3.25. The first-order valence-electron chi connectivity index (χ1n) is 4.00. The molecule has 0 bridgehead atoms. The van der Waals surface area contributed by atoms with Crippen molar-refractivity contribution in [1.82, 2.24) is 0 Å². The average molecular weight is 176 g/mol. The molecule has 13 heavy (non-hydrogen) atoms. The van der Waals surface area contributed by atoms with E-state index in [1.54, 1.807) is 14.2 Å². The highest BCUT2D eigenvalue weighted by molar-refractivity contribution is 5.29. The van der Waals surface area contributed by atoms with Crippen molar-refractivity contribution in [3.05, 3.63) is 29.8 Å². The molecule has 0 N–H and O–H groups in total. The standard InChI is InChI=1S/C11H12O2/c1-12-9-3-4-10-5-7-11(13-2)8-6-10/h5-8H,4H2,1-2H3. The first kappa shape index (κ1) is 9.47. The zero-order valence-electron chi connectivity index (χ0n) is 7.83. The highest BCUT2D eigenvalue weighted by atomic mass is 16.5. The van der Waals surface area contributed by atoms with Crippen LogP contribution in [-0.2, 0) is 11.2 Å². The van der Waals surface area contributed by atoms with Crippen LogP contribution in [0.5, 0.6) is 5.75 Å². The van der Waals surface area contributed by atoms with Crippen LogP contribution in [0.2, 0.25) is 0 Å².